The molecule has 5 rings (SSSR count). The van der Waals surface area contributed by atoms with Crippen LogP contribution in [0.2, 0.25) is 0 Å². The van der Waals surface area contributed by atoms with Crippen LogP contribution in [-0.2, 0) is 0 Å². The van der Waals surface area contributed by atoms with Crippen molar-refractivity contribution in [3.8, 4) is 33.7 Å². The predicted octanol–water partition coefficient (Wildman–Crippen LogP) is 5.52. The van der Waals surface area contributed by atoms with Gasteiger partial charge in [0.05, 0.1) is 37.2 Å². The third kappa shape index (κ3) is 3.94. The molecule has 3 heterocycles. The molecule has 0 unspecified atom stereocenters. The SMILES string of the molecule is COc1ccc(-c2nc(C)c(C(=O)Nc3ccc4nc(-c5ccco5)[nH]c4c3)s2)cc1OC. The molecule has 8 nitrogen and oxygen atoms in total. The topological polar surface area (TPSA) is 102 Å². The van der Waals surface area contributed by atoms with Crippen molar-refractivity contribution in [1.29, 1.82) is 0 Å². The van der Waals surface area contributed by atoms with Gasteiger partial charge in [-0.3, -0.25) is 4.79 Å². The largest absolute Gasteiger partial charge is 0.493 e. The highest BCUT2D eigenvalue weighted by Crippen LogP contribution is 2.35. The number of imidazole rings is 1. The van der Waals surface area contributed by atoms with Crippen molar-refractivity contribution in [1.82, 2.24) is 15.0 Å². The Morgan fingerprint density at radius 2 is 1.91 bits per heavy atom. The minimum absolute atomic E-state index is 0.221. The van der Waals surface area contributed by atoms with Gasteiger partial charge in [-0.25, -0.2) is 9.97 Å². The molecule has 2 N–H and O–H groups in total. The molecule has 0 spiro atoms. The van der Waals surface area contributed by atoms with Gasteiger partial charge in [-0.2, -0.15) is 0 Å². The number of hydrogen-bond donors (Lipinski definition) is 2. The van der Waals surface area contributed by atoms with Crippen LogP contribution in [0.15, 0.2) is 59.2 Å². The van der Waals surface area contributed by atoms with E-state index in [0.717, 1.165) is 21.6 Å². The maximum Gasteiger partial charge on any atom is 0.267 e. The molecule has 0 bridgehead atoms. The molecule has 166 valence electrons. The number of rotatable bonds is 6. The number of fused-ring (bicyclic) bond motifs is 1. The summed E-state index contributed by atoms with van der Waals surface area (Å²) in [5, 5.41) is 3.68. The zero-order valence-corrected chi connectivity index (χ0v) is 18.9. The van der Waals surface area contributed by atoms with Gasteiger partial charge in [0.2, 0.25) is 0 Å². The molecule has 0 fully saturated rings. The monoisotopic (exact) mass is 460 g/mol. The summed E-state index contributed by atoms with van der Waals surface area (Å²) in [7, 11) is 3.17. The summed E-state index contributed by atoms with van der Waals surface area (Å²) in [5.41, 5.74) is 3.74. The first kappa shape index (κ1) is 20.8. The Balaban J connectivity index is 1.39. The summed E-state index contributed by atoms with van der Waals surface area (Å²) in [4.78, 5) is 25.9. The van der Waals surface area contributed by atoms with Gasteiger partial charge in [0, 0.05) is 11.3 Å². The number of benzene rings is 2. The molecule has 0 saturated carbocycles. The van der Waals surface area contributed by atoms with E-state index < -0.39 is 0 Å². The van der Waals surface area contributed by atoms with Crippen LogP contribution in [0.3, 0.4) is 0 Å². The summed E-state index contributed by atoms with van der Waals surface area (Å²) >= 11 is 1.33. The maximum atomic E-state index is 13.0. The number of amides is 1. The Bertz CT molecular complexity index is 1450. The van der Waals surface area contributed by atoms with Crippen LogP contribution < -0.4 is 14.8 Å². The van der Waals surface area contributed by atoms with E-state index in [4.69, 9.17) is 13.9 Å². The molecule has 3 aromatic heterocycles. The molecule has 2 aromatic carbocycles. The Morgan fingerprint density at radius 1 is 1.06 bits per heavy atom. The van der Waals surface area contributed by atoms with Crippen molar-refractivity contribution >= 4 is 34.0 Å². The number of anilines is 1. The molecule has 9 heteroatoms. The van der Waals surface area contributed by atoms with E-state index in [1.54, 1.807) is 20.5 Å². The Hall–Kier alpha value is -4.11. The predicted molar refractivity (Wildman–Crippen MR) is 127 cm³/mol. The van der Waals surface area contributed by atoms with E-state index in [1.807, 2.05) is 55.5 Å². The van der Waals surface area contributed by atoms with Crippen LogP contribution in [0.4, 0.5) is 5.69 Å². The van der Waals surface area contributed by atoms with Gasteiger partial charge < -0.3 is 24.2 Å². The van der Waals surface area contributed by atoms with Crippen molar-refractivity contribution < 1.29 is 18.7 Å². The molecular weight excluding hydrogens is 440 g/mol. The van der Waals surface area contributed by atoms with E-state index in [1.165, 1.54) is 11.3 Å². The summed E-state index contributed by atoms with van der Waals surface area (Å²) in [5.74, 6) is 2.31. The Kier molecular flexibility index (Phi) is 5.31. The van der Waals surface area contributed by atoms with Gasteiger partial charge in [-0.1, -0.05) is 0 Å². The van der Waals surface area contributed by atoms with Crippen molar-refractivity contribution in [2.45, 2.75) is 6.92 Å². The molecule has 0 aliphatic heterocycles. The lowest BCUT2D eigenvalue weighted by Crippen LogP contribution is -2.11. The third-order valence-electron chi connectivity index (χ3n) is 5.13. The average Bonchev–Trinajstić information content (AvgIpc) is 3.57. The number of carbonyl (C=O) groups is 1. The van der Waals surface area contributed by atoms with Gasteiger partial charge in [0.25, 0.3) is 5.91 Å². The van der Waals surface area contributed by atoms with E-state index in [9.17, 15) is 4.79 Å². The van der Waals surface area contributed by atoms with Crippen molar-refractivity contribution in [3.05, 3.63) is 65.4 Å². The number of ether oxygens (including phenoxy) is 2. The first-order valence-electron chi connectivity index (χ1n) is 10.1. The quantitative estimate of drug-likeness (QED) is 0.346. The maximum absolute atomic E-state index is 13.0. The fourth-order valence-electron chi connectivity index (χ4n) is 3.51. The zero-order valence-electron chi connectivity index (χ0n) is 18.1. The lowest BCUT2D eigenvalue weighted by molar-refractivity contribution is 0.103. The number of aromatic nitrogens is 3. The summed E-state index contributed by atoms with van der Waals surface area (Å²) < 4.78 is 16.1. The number of nitrogens with one attached hydrogen (secondary N) is 2. The first-order chi connectivity index (χ1) is 16.1. The normalized spacial score (nSPS) is 11.0. The number of nitrogens with zero attached hydrogens (tertiary/aromatic N) is 2. The van der Waals surface area contributed by atoms with E-state index >= 15 is 0 Å². The van der Waals surface area contributed by atoms with Crippen molar-refractivity contribution in [2.75, 3.05) is 19.5 Å². The molecule has 33 heavy (non-hydrogen) atoms. The third-order valence-corrected chi connectivity index (χ3v) is 6.33. The number of furan rings is 1. The first-order valence-corrected chi connectivity index (χ1v) is 10.9. The summed E-state index contributed by atoms with van der Waals surface area (Å²) in [6.45, 7) is 1.82. The number of H-pyrrole nitrogens is 1. The molecule has 0 atom stereocenters. The van der Waals surface area contributed by atoms with E-state index in [2.05, 4.69) is 20.3 Å². The minimum Gasteiger partial charge on any atom is -0.493 e. The molecule has 0 radical (unpaired) electrons. The van der Waals surface area contributed by atoms with Gasteiger partial charge in [0.1, 0.15) is 9.88 Å². The lowest BCUT2D eigenvalue weighted by Gasteiger charge is -2.08. The fraction of sp³-hybridized carbons (Fsp3) is 0.125. The van der Waals surface area contributed by atoms with Crippen molar-refractivity contribution in [3.63, 3.8) is 0 Å². The molecule has 0 aliphatic rings. The molecule has 0 aliphatic carbocycles. The molecule has 1 amide bonds. The number of carbonyl (C=O) groups excluding carboxylic acids is 1. The van der Waals surface area contributed by atoms with E-state index in [-0.39, 0.29) is 5.91 Å². The zero-order chi connectivity index (χ0) is 22.9. The highest BCUT2D eigenvalue weighted by Gasteiger charge is 2.18. The van der Waals surface area contributed by atoms with Crippen LogP contribution in [0.5, 0.6) is 11.5 Å². The number of aromatic amines is 1. The van der Waals surface area contributed by atoms with Crippen LogP contribution in [-0.4, -0.2) is 35.1 Å². The van der Waals surface area contributed by atoms with Crippen molar-refractivity contribution in [2.24, 2.45) is 0 Å². The number of methoxy groups -OCH3 is 2. The number of thiazole rings is 1. The van der Waals surface area contributed by atoms with Crippen LogP contribution >= 0.6 is 11.3 Å². The molecular formula is C24H20N4O4S. The van der Waals surface area contributed by atoms with Gasteiger partial charge in [-0.05, 0) is 55.5 Å². The lowest BCUT2D eigenvalue weighted by atomic mass is 10.2. The smallest absolute Gasteiger partial charge is 0.267 e. The number of aryl methyl sites for hydroxylation is 1. The second-order valence-corrected chi connectivity index (χ2v) is 8.25. The second-order valence-electron chi connectivity index (χ2n) is 7.25. The van der Waals surface area contributed by atoms with Gasteiger partial charge >= 0.3 is 0 Å². The van der Waals surface area contributed by atoms with E-state index in [0.29, 0.717) is 39.3 Å². The Labute approximate surface area is 193 Å². The Morgan fingerprint density at radius 3 is 2.67 bits per heavy atom. The number of hydrogen-bond acceptors (Lipinski definition) is 7. The second kappa shape index (κ2) is 8.44. The molecule has 0 saturated heterocycles. The van der Waals surface area contributed by atoms with Gasteiger partial charge in [0.15, 0.2) is 23.1 Å². The molecule has 5 aromatic rings. The fourth-order valence-corrected chi connectivity index (χ4v) is 4.46. The highest BCUT2D eigenvalue weighted by atomic mass is 32.1. The van der Waals surface area contributed by atoms with Crippen LogP contribution in [0.25, 0.3) is 33.2 Å². The van der Waals surface area contributed by atoms with Gasteiger partial charge in [-0.15, -0.1) is 11.3 Å². The van der Waals surface area contributed by atoms with Crippen LogP contribution in [0.1, 0.15) is 15.4 Å². The highest BCUT2D eigenvalue weighted by molar-refractivity contribution is 7.17. The van der Waals surface area contributed by atoms with Crippen LogP contribution in [0, 0.1) is 6.92 Å². The standard InChI is InChI=1S/C24H20N4O4S/c1-13-21(33-24(25-13)14-6-9-18(30-2)20(11-14)31-3)23(29)26-15-7-8-16-17(12-15)28-22(27-16)19-5-4-10-32-19/h4-12H,1-3H3,(H,26,29)(H,27,28). The summed E-state index contributed by atoms with van der Waals surface area (Å²) in [6, 6.07) is 14.7. The minimum atomic E-state index is -0.221. The summed E-state index contributed by atoms with van der Waals surface area (Å²) in [6.07, 6.45) is 1.60. The average molecular weight is 461 g/mol.